The van der Waals surface area contributed by atoms with Crippen LogP contribution < -0.4 is 9.79 Å². The van der Waals surface area contributed by atoms with Crippen LogP contribution in [-0.2, 0) is 31.9 Å². The fourth-order valence-corrected chi connectivity index (χ4v) is 3.60. The molecule has 1 unspecified atom stereocenters. The van der Waals surface area contributed by atoms with Crippen LogP contribution in [0.1, 0.15) is 77.2 Å². The molecule has 134 valence electrons. The van der Waals surface area contributed by atoms with E-state index in [1.807, 2.05) is 41.5 Å². The predicted molar refractivity (Wildman–Crippen MR) is 86.1 cm³/mol. The summed E-state index contributed by atoms with van der Waals surface area (Å²) in [6.45, 7) is 13.4. The minimum Gasteiger partial charge on any atom is -0.810 e. The van der Waals surface area contributed by atoms with Gasteiger partial charge in [0, 0.05) is 5.66 Å². The van der Waals surface area contributed by atoms with Crippen LogP contribution in [0.3, 0.4) is 0 Å². The first-order valence-corrected chi connectivity index (χ1v) is 9.20. The molecule has 1 aromatic rings. The van der Waals surface area contributed by atoms with Crippen molar-refractivity contribution in [3.05, 3.63) is 28.8 Å². The zero-order chi connectivity index (χ0) is 17.5. The molecule has 0 spiro atoms. The minimum atomic E-state index is -4.74. The van der Waals surface area contributed by atoms with Crippen LogP contribution in [0.25, 0.3) is 0 Å². The third kappa shape index (κ3) is 5.32. The molecule has 0 aliphatic heterocycles. The summed E-state index contributed by atoms with van der Waals surface area (Å²) in [5, 5.41) is 10.6. The topological polar surface area (TPSA) is 83.4 Å². The molecule has 1 atom stereocenters. The maximum atomic E-state index is 11.6. The van der Waals surface area contributed by atoms with Gasteiger partial charge in [-0.25, -0.2) is 0 Å². The zero-order valence-corrected chi connectivity index (χ0v) is 16.8. The fourth-order valence-electron chi connectivity index (χ4n) is 2.63. The van der Waals surface area contributed by atoms with Gasteiger partial charge in [0.2, 0.25) is 0 Å². The van der Waals surface area contributed by atoms with Crippen molar-refractivity contribution in [2.45, 2.75) is 71.4 Å². The Morgan fingerprint density at radius 2 is 1.39 bits per heavy atom. The number of benzene rings is 1. The summed E-state index contributed by atoms with van der Waals surface area (Å²) in [5.74, 6) is 0.185. The molecule has 0 aliphatic carbocycles. The summed E-state index contributed by atoms with van der Waals surface area (Å²) in [5.41, 5.74) is 0.0462. The van der Waals surface area contributed by atoms with Crippen LogP contribution in [0.5, 0.6) is 5.75 Å². The number of hydrogen-bond donors (Lipinski definition) is 1. The van der Waals surface area contributed by atoms with Gasteiger partial charge in [0.05, 0.1) is 0 Å². The molecule has 0 aliphatic rings. The van der Waals surface area contributed by atoms with E-state index < -0.39 is 13.3 Å². The second-order valence-corrected chi connectivity index (χ2v) is 9.63. The summed E-state index contributed by atoms with van der Waals surface area (Å²) in [4.78, 5) is 23.2. The Labute approximate surface area is 149 Å². The van der Waals surface area contributed by atoms with Gasteiger partial charge in [-0.1, -0.05) is 68.2 Å². The Bertz CT molecular complexity index is 559. The monoisotopic (exact) mass is 384 g/mol. The average Bonchev–Trinajstić information content (AvgIpc) is 2.26. The maximum Gasteiger partial charge on any atom is 2.00 e. The first-order chi connectivity index (χ1) is 9.69. The fraction of sp³-hybridized carbons (Fsp3) is 0.647. The van der Waals surface area contributed by atoms with E-state index in [9.17, 15) is 19.5 Å². The van der Waals surface area contributed by atoms with Crippen LogP contribution in [0.15, 0.2) is 12.1 Å². The van der Waals surface area contributed by atoms with Crippen molar-refractivity contribution >= 4 is 7.60 Å². The van der Waals surface area contributed by atoms with E-state index in [0.29, 0.717) is 16.7 Å². The van der Waals surface area contributed by atoms with E-state index in [0.717, 1.165) is 0 Å². The second-order valence-electron chi connectivity index (χ2n) is 7.93. The van der Waals surface area contributed by atoms with Crippen molar-refractivity contribution in [2.24, 2.45) is 0 Å². The molecule has 4 nitrogen and oxygen atoms in total. The van der Waals surface area contributed by atoms with Crippen LogP contribution >= 0.6 is 7.60 Å². The van der Waals surface area contributed by atoms with Crippen molar-refractivity contribution in [1.29, 1.82) is 0 Å². The summed E-state index contributed by atoms with van der Waals surface area (Å²) in [6, 6.07) is 3.34. The average molecular weight is 385 g/mol. The Morgan fingerprint density at radius 3 is 1.61 bits per heavy atom. The van der Waals surface area contributed by atoms with Crippen LogP contribution in [0, 0.1) is 0 Å². The van der Waals surface area contributed by atoms with Gasteiger partial charge < -0.3 is 19.5 Å². The first kappa shape index (κ1) is 22.7. The molecular formula is C17H27NiO4P. The van der Waals surface area contributed by atoms with Gasteiger partial charge >= 0.3 is 16.5 Å². The Kier molecular flexibility index (Phi) is 7.17. The Morgan fingerprint density at radius 1 is 1.04 bits per heavy atom. The molecule has 0 radical (unpaired) electrons. The second kappa shape index (κ2) is 7.27. The van der Waals surface area contributed by atoms with E-state index in [4.69, 9.17) is 0 Å². The summed E-state index contributed by atoms with van der Waals surface area (Å²) in [7, 11) is -4.74. The minimum absolute atomic E-state index is 0. The predicted octanol–water partition coefficient (Wildman–Crippen LogP) is 3.35. The third-order valence-corrected chi connectivity index (χ3v) is 5.33. The van der Waals surface area contributed by atoms with E-state index in [1.54, 1.807) is 19.1 Å². The molecule has 0 saturated carbocycles. The standard InChI is InChI=1S/C17H29O4P.Ni/c1-8-14(22(19,20)21)11-9-12(16(2,3)4)15(18)13(10-11)17(5,6)7;/h9-10,14,18H,8H2,1-7H3,(H2,19,20,21);/q;+2/p-2. The summed E-state index contributed by atoms with van der Waals surface area (Å²) in [6.07, 6.45) is 0.224. The number of phenolic OH excluding ortho intramolecular Hbond substituents is 1. The van der Waals surface area contributed by atoms with Crippen molar-refractivity contribution < 1.29 is 35.9 Å². The quantitative estimate of drug-likeness (QED) is 0.639. The molecular weight excluding hydrogens is 358 g/mol. The van der Waals surface area contributed by atoms with Crippen molar-refractivity contribution in [3.63, 3.8) is 0 Å². The Hall–Kier alpha value is -0.336. The molecule has 0 aromatic heterocycles. The first-order valence-electron chi connectivity index (χ1n) is 7.59. The number of rotatable bonds is 3. The summed E-state index contributed by atoms with van der Waals surface area (Å²) >= 11 is 0. The van der Waals surface area contributed by atoms with E-state index in [2.05, 4.69) is 0 Å². The van der Waals surface area contributed by atoms with Crippen molar-refractivity contribution in [3.8, 4) is 5.75 Å². The van der Waals surface area contributed by atoms with E-state index in [-0.39, 0.29) is 39.5 Å². The number of phenols is 1. The van der Waals surface area contributed by atoms with Crippen molar-refractivity contribution in [1.82, 2.24) is 0 Å². The SMILES string of the molecule is CCC(c1cc(C(C)(C)C)c(O)c(C(C)(C)C)c1)P(=O)([O-])[O-].[Ni+2]. The van der Waals surface area contributed by atoms with Gasteiger partial charge in [0.15, 0.2) is 0 Å². The number of aromatic hydroxyl groups is 1. The third-order valence-electron chi connectivity index (χ3n) is 3.90. The normalized spacial score (nSPS) is 14.3. The van der Waals surface area contributed by atoms with Gasteiger partial charge in [0.1, 0.15) is 5.75 Å². The molecule has 0 amide bonds. The maximum absolute atomic E-state index is 11.6. The van der Waals surface area contributed by atoms with Crippen molar-refractivity contribution in [2.75, 3.05) is 0 Å². The smallest absolute Gasteiger partial charge is 0.810 e. The van der Waals surface area contributed by atoms with E-state index in [1.165, 1.54) is 0 Å². The Balaban J connectivity index is 0.00000484. The molecule has 1 aromatic carbocycles. The van der Waals surface area contributed by atoms with Crippen LogP contribution in [-0.4, -0.2) is 5.11 Å². The zero-order valence-electron chi connectivity index (χ0n) is 14.9. The molecule has 1 rings (SSSR count). The van der Waals surface area contributed by atoms with Gasteiger partial charge in [-0.3, -0.25) is 0 Å². The van der Waals surface area contributed by atoms with Crippen LogP contribution in [0.4, 0.5) is 0 Å². The van der Waals surface area contributed by atoms with Gasteiger partial charge in [0.25, 0.3) is 0 Å². The molecule has 6 heteroatoms. The molecule has 0 saturated heterocycles. The molecule has 0 heterocycles. The summed E-state index contributed by atoms with van der Waals surface area (Å²) < 4.78 is 11.6. The van der Waals surface area contributed by atoms with Gasteiger partial charge in [-0.05, 0) is 33.9 Å². The molecule has 0 bridgehead atoms. The van der Waals surface area contributed by atoms with Gasteiger partial charge in [-0.15, -0.1) is 0 Å². The largest absolute Gasteiger partial charge is 2.00 e. The van der Waals surface area contributed by atoms with Gasteiger partial charge in [-0.2, -0.15) is 0 Å². The molecule has 23 heavy (non-hydrogen) atoms. The number of hydrogen-bond acceptors (Lipinski definition) is 4. The van der Waals surface area contributed by atoms with Crippen LogP contribution in [0.2, 0.25) is 0 Å². The molecule has 0 fully saturated rings. The van der Waals surface area contributed by atoms with E-state index >= 15 is 0 Å². The molecule has 1 N–H and O–H groups in total.